The van der Waals surface area contributed by atoms with Crippen LogP contribution in [0.1, 0.15) is 10.4 Å². The summed E-state index contributed by atoms with van der Waals surface area (Å²) in [6.45, 7) is 0. The van der Waals surface area contributed by atoms with E-state index in [1.54, 1.807) is 6.07 Å². The lowest BCUT2D eigenvalue weighted by Crippen LogP contribution is -2.14. The summed E-state index contributed by atoms with van der Waals surface area (Å²) in [4.78, 5) is 19.1. The summed E-state index contributed by atoms with van der Waals surface area (Å²) < 4.78 is 32.7. The van der Waals surface area contributed by atoms with E-state index in [1.165, 1.54) is 43.8 Å². The lowest BCUT2D eigenvalue weighted by Gasteiger charge is -2.11. The molecule has 3 rings (SSSR count). The molecule has 3 N–H and O–H groups in total. The zero-order valence-electron chi connectivity index (χ0n) is 13.7. The number of rotatable bonds is 5. The van der Waals surface area contributed by atoms with Crippen LogP contribution >= 0.6 is 0 Å². The summed E-state index contributed by atoms with van der Waals surface area (Å²) in [7, 11) is 1.48. The minimum atomic E-state index is -0.777. The molecule has 0 aliphatic heterocycles. The standard InChI is InChI=1S/C18H14F2N4O2/c1-26-12-2-4-15(19)14(7-12)10-6-11(9-22-8-10)23-18-13(17(21)25)3-5-16(20)24-18/h2-9H,1H3,(H2,21,25)(H,23,24). The summed E-state index contributed by atoms with van der Waals surface area (Å²) in [5, 5.41) is 2.78. The molecule has 0 unspecified atom stereocenters. The van der Waals surface area contributed by atoms with Gasteiger partial charge in [-0.05, 0) is 36.4 Å². The smallest absolute Gasteiger partial charge is 0.252 e. The fourth-order valence-corrected chi connectivity index (χ4v) is 2.37. The van der Waals surface area contributed by atoms with Crippen molar-refractivity contribution in [1.82, 2.24) is 9.97 Å². The number of ether oxygens (including phenoxy) is 1. The summed E-state index contributed by atoms with van der Waals surface area (Å²) in [5.74, 6) is -1.56. The van der Waals surface area contributed by atoms with Crippen LogP contribution in [-0.2, 0) is 0 Å². The Hall–Kier alpha value is -3.55. The number of hydrogen-bond donors (Lipinski definition) is 2. The van der Waals surface area contributed by atoms with Crippen molar-refractivity contribution in [3.8, 4) is 16.9 Å². The number of benzene rings is 1. The van der Waals surface area contributed by atoms with E-state index in [9.17, 15) is 13.6 Å². The Morgan fingerprint density at radius 3 is 2.69 bits per heavy atom. The maximum Gasteiger partial charge on any atom is 0.252 e. The van der Waals surface area contributed by atoms with Gasteiger partial charge in [-0.2, -0.15) is 4.39 Å². The van der Waals surface area contributed by atoms with Crippen molar-refractivity contribution in [2.75, 3.05) is 12.4 Å². The molecule has 3 aromatic rings. The molecule has 0 aliphatic rings. The van der Waals surface area contributed by atoms with Crippen molar-refractivity contribution < 1.29 is 18.3 Å². The molecule has 0 saturated carbocycles. The van der Waals surface area contributed by atoms with E-state index in [4.69, 9.17) is 10.5 Å². The van der Waals surface area contributed by atoms with Crippen LogP contribution in [0, 0.1) is 11.8 Å². The molecule has 1 aromatic carbocycles. The number of hydrogen-bond acceptors (Lipinski definition) is 5. The lowest BCUT2D eigenvalue weighted by molar-refractivity contribution is 0.100. The Bertz CT molecular complexity index is 979. The van der Waals surface area contributed by atoms with Crippen molar-refractivity contribution >= 4 is 17.4 Å². The minimum absolute atomic E-state index is 0.0179. The van der Waals surface area contributed by atoms with Crippen LogP contribution in [-0.4, -0.2) is 23.0 Å². The van der Waals surface area contributed by atoms with Gasteiger partial charge in [0.05, 0.1) is 24.6 Å². The highest BCUT2D eigenvalue weighted by Gasteiger charge is 2.13. The van der Waals surface area contributed by atoms with E-state index in [-0.39, 0.29) is 16.9 Å². The predicted octanol–water partition coefficient (Wildman–Crippen LogP) is 3.27. The summed E-state index contributed by atoms with van der Waals surface area (Å²) in [6.07, 6.45) is 2.90. The van der Waals surface area contributed by atoms with Crippen molar-refractivity contribution in [3.63, 3.8) is 0 Å². The summed E-state index contributed by atoms with van der Waals surface area (Å²) >= 11 is 0. The first-order chi connectivity index (χ1) is 12.5. The van der Waals surface area contributed by atoms with Crippen molar-refractivity contribution in [2.24, 2.45) is 5.73 Å². The molecule has 6 nitrogen and oxygen atoms in total. The second kappa shape index (κ2) is 7.14. The fourth-order valence-electron chi connectivity index (χ4n) is 2.37. The van der Waals surface area contributed by atoms with Gasteiger partial charge in [0, 0.05) is 17.3 Å². The molecular formula is C18H14F2N4O2. The molecular weight excluding hydrogens is 342 g/mol. The third-order valence-corrected chi connectivity index (χ3v) is 3.61. The maximum absolute atomic E-state index is 14.1. The number of nitrogens with two attached hydrogens (primary N) is 1. The van der Waals surface area contributed by atoms with Crippen molar-refractivity contribution in [2.45, 2.75) is 0 Å². The third kappa shape index (κ3) is 3.59. The van der Waals surface area contributed by atoms with Gasteiger partial charge in [0.25, 0.3) is 5.91 Å². The van der Waals surface area contributed by atoms with Gasteiger partial charge >= 0.3 is 0 Å². The van der Waals surface area contributed by atoms with Gasteiger partial charge in [0.1, 0.15) is 17.4 Å². The molecule has 0 spiro atoms. The molecule has 132 valence electrons. The van der Waals surface area contributed by atoms with Crippen LogP contribution in [0.4, 0.5) is 20.3 Å². The topological polar surface area (TPSA) is 90.1 Å². The molecule has 0 bridgehead atoms. The van der Waals surface area contributed by atoms with Crippen LogP contribution in [0.15, 0.2) is 48.8 Å². The first kappa shape index (κ1) is 17.3. The molecule has 0 atom stereocenters. The molecule has 26 heavy (non-hydrogen) atoms. The Labute approximate surface area is 147 Å². The first-order valence-electron chi connectivity index (χ1n) is 7.50. The second-order valence-corrected chi connectivity index (χ2v) is 5.33. The predicted molar refractivity (Wildman–Crippen MR) is 92.2 cm³/mol. The normalized spacial score (nSPS) is 10.4. The Balaban J connectivity index is 1.99. The molecule has 0 saturated heterocycles. The lowest BCUT2D eigenvalue weighted by atomic mass is 10.1. The molecule has 0 radical (unpaired) electrons. The van der Waals surface area contributed by atoms with Gasteiger partial charge < -0.3 is 15.8 Å². The number of carbonyl (C=O) groups is 1. The third-order valence-electron chi connectivity index (χ3n) is 3.61. The van der Waals surface area contributed by atoms with E-state index < -0.39 is 17.7 Å². The average Bonchev–Trinajstić information content (AvgIpc) is 2.62. The van der Waals surface area contributed by atoms with Crippen LogP contribution in [0.5, 0.6) is 5.75 Å². The number of aromatic nitrogens is 2. The van der Waals surface area contributed by atoms with Crippen LogP contribution in [0.25, 0.3) is 11.1 Å². The minimum Gasteiger partial charge on any atom is -0.497 e. The van der Waals surface area contributed by atoms with E-state index in [0.717, 1.165) is 6.07 Å². The largest absolute Gasteiger partial charge is 0.497 e. The van der Waals surface area contributed by atoms with Gasteiger partial charge in [-0.1, -0.05) is 0 Å². The van der Waals surface area contributed by atoms with Crippen LogP contribution in [0.3, 0.4) is 0 Å². The second-order valence-electron chi connectivity index (χ2n) is 5.33. The van der Waals surface area contributed by atoms with E-state index >= 15 is 0 Å². The van der Waals surface area contributed by atoms with Crippen molar-refractivity contribution in [3.05, 3.63) is 66.1 Å². The summed E-state index contributed by atoms with van der Waals surface area (Å²) in [5.41, 5.74) is 6.41. The van der Waals surface area contributed by atoms with Crippen molar-refractivity contribution in [1.29, 1.82) is 0 Å². The molecule has 0 fully saturated rings. The van der Waals surface area contributed by atoms with Crippen LogP contribution in [0.2, 0.25) is 0 Å². The van der Waals surface area contributed by atoms with E-state index in [1.807, 2.05) is 0 Å². The number of nitrogens with one attached hydrogen (secondary N) is 1. The average molecular weight is 356 g/mol. The number of carbonyl (C=O) groups excluding carboxylic acids is 1. The van der Waals surface area contributed by atoms with Gasteiger partial charge in [-0.3, -0.25) is 9.78 Å². The zero-order chi connectivity index (χ0) is 18.7. The Morgan fingerprint density at radius 2 is 1.96 bits per heavy atom. The quantitative estimate of drug-likeness (QED) is 0.685. The molecule has 2 aromatic heterocycles. The van der Waals surface area contributed by atoms with Gasteiger partial charge in [0.2, 0.25) is 5.95 Å². The van der Waals surface area contributed by atoms with Gasteiger partial charge in [-0.25, -0.2) is 9.37 Å². The Morgan fingerprint density at radius 1 is 1.15 bits per heavy atom. The number of primary amides is 1. The highest BCUT2D eigenvalue weighted by atomic mass is 19.1. The molecule has 8 heteroatoms. The molecule has 1 amide bonds. The first-order valence-corrected chi connectivity index (χ1v) is 7.50. The highest BCUT2D eigenvalue weighted by Crippen LogP contribution is 2.29. The van der Waals surface area contributed by atoms with Gasteiger partial charge in [0.15, 0.2) is 0 Å². The maximum atomic E-state index is 14.1. The zero-order valence-corrected chi connectivity index (χ0v) is 13.7. The number of amides is 1. The SMILES string of the molecule is COc1ccc(F)c(-c2cncc(Nc3nc(F)ccc3C(N)=O)c2)c1. The molecule has 0 aliphatic carbocycles. The number of pyridine rings is 2. The summed E-state index contributed by atoms with van der Waals surface area (Å²) in [6, 6.07) is 8.17. The fraction of sp³-hybridized carbons (Fsp3) is 0.0556. The van der Waals surface area contributed by atoms with Crippen LogP contribution < -0.4 is 15.8 Å². The monoisotopic (exact) mass is 356 g/mol. The Kier molecular flexibility index (Phi) is 4.74. The van der Waals surface area contributed by atoms with E-state index in [2.05, 4.69) is 15.3 Å². The highest BCUT2D eigenvalue weighted by molar-refractivity contribution is 5.98. The number of anilines is 2. The van der Waals surface area contributed by atoms with E-state index in [0.29, 0.717) is 17.0 Å². The number of nitrogens with zero attached hydrogens (tertiary/aromatic N) is 2. The molecule has 2 heterocycles. The van der Waals surface area contributed by atoms with Gasteiger partial charge in [-0.15, -0.1) is 0 Å². The number of methoxy groups -OCH3 is 1. The number of halogens is 2.